The predicted octanol–water partition coefficient (Wildman–Crippen LogP) is 2.70. The number of ether oxygens (including phenoxy) is 1. The van der Waals surface area contributed by atoms with Crippen LogP contribution in [0.5, 0.6) is 0 Å². The van der Waals surface area contributed by atoms with E-state index in [1.54, 1.807) is 7.11 Å². The number of anilines is 1. The minimum atomic E-state index is -0.199. The number of nitrogens with zero attached hydrogens (tertiary/aromatic N) is 3. The van der Waals surface area contributed by atoms with Gasteiger partial charge in [-0.05, 0) is 37.1 Å². The molecule has 2 atom stereocenters. The number of rotatable bonds is 4. The normalized spacial score (nSPS) is 24.3. The fourth-order valence-corrected chi connectivity index (χ4v) is 3.68. The Labute approximate surface area is 166 Å². The largest absolute Gasteiger partial charge is 0.381 e. The van der Waals surface area contributed by atoms with Crippen molar-refractivity contribution in [2.45, 2.75) is 25.4 Å². The molecule has 7 heteroatoms. The van der Waals surface area contributed by atoms with Gasteiger partial charge in [0.1, 0.15) is 5.82 Å². The van der Waals surface area contributed by atoms with E-state index < -0.39 is 0 Å². The van der Waals surface area contributed by atoms with Gasteiger partial charge in [0.2, 0.25) is 0 Å². The Kier molecular flexibility index (Phi) is 7.74. The molecule has 1 aliphatic carbocycles. The first kappa shape index (κ1) is 20.2. The molecule has 2 aliphatic rings. The quantitative estimate of drug-likeness (QED) is 0.425. The monoisotopic (exact) mass is 462 g/mol. The Morgan fingerprint density at radius 1 is 1.20 bits per heavy atom. The van der Waals surface area contributed by atoms with Gasteiger partial charge in [0.25, 0.3) is 0 Å². The number of halogens is 2. The van der Waals surface area contributed by atoms with Crippen LogP contribution in [0.3, 0.4) is 0 Å². The lowest BCUT2D eigenvalue weighted by atomic mass is 10.1. The molecule has 0 aromatic heterocycles. The van der Waals surface area contributed by atoms with Crippen LogP contribution in [0, 0.1) is 11.7 Å². The zero-order valence-corrected chi connectivity index (χ0v) is 17.1. The third kappa shape index (κ3) is 5.20. The third-order valence-corrected chi connectivity index (χ3v) is 5.18. The van der Waals surface area contributed by atoms with E-state index in [4.69, 9.17) is 10.5 Å². The van der Waals surface area contributed by atoms with Gasteiger partial charge < -0.3 is 20.3 Å². The summed E-state index contributed by atoms with van der Waals surface area (Å²) in [4.78, 5) is 9.00. The van der Waals surface area contributed by atoms with Crippen molar-refractivity contribution < 1.29 is 9.13 Å². The topological polar surface area (TPSA) is 54.1 Å². The number of piperazine rings is 1. The predicted molar refractivity (Wildman–Crippen MR) is 110 cm³/mol. The molecule has 0 radical (unpaired) electrons. The first-order chi connectivity index (χ1) is 11.7. The van der Waals surface area contributed by atoms with Crippen LogP contribution >= 0.6 is 24.0 Å². The Morgan fingerprint density at radius 2 is 1.88 bits per heavy atom. The third-order valence-electron chi connectivity index (χ3n) is 5.18. The summed E-state index contributed by atoms with van der Waals surface area (Å²) in [6.45, 7) is 4.16. The van der Waals surface area contributed by atoms with Crippen molar-refractivity contribution in [3.63, 3.8) is 0 Å². The molecule has 2 N–H and O–H groups in total. The average molecular weight is 462 g/mol. The molecule has 1 aromatic rings. The second kappa shape index (κ2) is 9.56. The molecule has 0 spiro atoms. The van der Waals surface area contributed by atoms with Gasteiger partial charge in [-0.25, -0.2) is 4.39 Å². The Bertz CT molecular complexity index is 561. The van der Waals surface area contributed by atoms with Crippen LogP contribution in [0.2, 0.25) is 0 Å². The smallest absolute Gasteiger partial charge is 0.191 e. The van der Waals surface area contributed by atoms with E-state index in [9.17, 15) is 4.39 Å². The first-order valence-corrected chi connectivity index (χ1v) is 8.75. The maximum atomic E-state index is 13.0. The fourth-order valence-electron chi connectivity index (χ4n) is 3.68. The highest BCUT2D eigenvalue weighted by Gasteiger charge is 2.27. The number of hydrogen-bond donors (Lipinski definition) is 1. The molecule has 1 saturated carbocycles. The van der Waals surface area contributed by atoms with Crippen LogP contribution in [0.4, 0.5) is 10.1 Å². The lowest BCUT2D eigenvalue weighted by Crippen LogP contribution is -2.51. The number of guanidine groups is 1. The summed E-state index contributed by atoms with van der Waals surface area (Å²) >= 11 is 0. The van der Waals surface area contributed by atoms with Crippen molar-refractivity contribution in [2.24, 2.45) is 16.6 Å². The van der Waals surface area contributed by atoms with Crippen LogP contribution in [0.1, 0.15) is 19.3 Å². The van der Waals surface area contributed by atoms with Crippen molar-refractivity contribution in [3.8, 4) is 0 Å². The second-order valence-corrected chi connectivity index (χ2v) is 6.61. The van der Waals surface area contributed by atoms with Crippen molar-refractivity contribution >= 4 is 35.6 Å². The Balaban J connectivity index is 0.00000225. The summed E-state index contributed by atoms with van der Waals surface area (Å²) in [5, 5.41) is 0. The van der Waals surface area contributed by atoms with Crippen molar-refractivity contribution in [1.82, 2.24) is 4.90 Å². The number of aliphatic imine (C=N–C) groups is 1. The van der Waals surface area contributed by atoms with Crippen LogP contribution in [-0.4, -0.2) is 56.8 Å². The minimum Gasteiger partial charge on any atom is -0.381 e. The van der Waals surface area contributed by atoms with Crippen molar-refractivity contribution in [2.75, 3.05) is 44.7 Å². The van der Waals surface area contributed by atoms with Crippen LogP contribution in [-0.2, 0) is 4.74 Å². The van der Waals surface area contributed by atoms with Crippen LogP contribution < -0.4 is 10.6 Å². The van der Waals surface area contributed by atoms with Gasteiger partial charge in [-0.15, -0.1) is 24.0 Å². The zero-order chi connectivity index (χ0) is 16.9. The molecule has 140 valence electrons. The van der Waals surface area contributed by atoms with E-state index >= 15 is 0 Å². The lowest BCUT2D eigenvalue weighted by molar-refractivity contribution is 0.0742. The second-order valence-electron chi connectivity index (χ2n) is 6.61. The average Bonchev–Trinajstić information content (AvgIpc) is 3.08. The number of hydrogen-bond acceptors (Lipinski definition) is 3. The van der Waals surface area contributed by atoms with Crippen LogP contribution in [0.15, 0.2) is 29.3 Å². The fraction of sp³-hybridized carbons (Fsp3) is 0.611. The van der Waals surface area contributed by atoms with E-state index in [1.165, 1.54) is 25.0 Å². The summed E-state index contributed by atoms with van der Waals surface area (Å²) in [5.41, 5.74) is 7.24. The molecule has 1 aliphatic heterocycles. The molecule has 1 saturated heterocycles. The molecule has 0 amide bonds. The van der Waals surface area contributed by atoms with Crippen molar-refractivity contribution in [1.29, 1.82) is 0 Å². The standard InChI is InChI=1S/C18H27FN4O.HI/c1-24-17-4-2-3-14(17)13-21-18(20)23-11-9-22(10-12-23)16-7-5-15(19)6-8-16;/h5-8,14,17H,2-4,9-13H2,1H3,(H2,20,21);1H. The number of benzene rings is 1. The van der Waals surface area contributed by atoms with E-state index in [1.807, 2.05) is 12.1 Å². The molecule has 2 unspecified atom stereocenters. The summed E-state index contributed by atoms with van der Waals surface area (Å²) < 4.78 is 18.5. The Morgan fingerprint density at radius 3 is 2.52 bits per heavy atom. The summed E-state index contributed by atoms with van der Waals surface area (Å²) in [6.07, 6.45) is 3.85. The molecule has 1 heterocycles. The summed E-state index contributed by atoms with van der Waals surface area (Å²) in [5.74, 6) is 0.930. The maximum absolute atomic E-state index is 13.0. The summed E-state index contributed by atoms with van der Waals surface area (Å²) in [6, 6.07) is 6.66. The zero-order valence-electron chi connectivity index (χ0n) is 14.7. The summed E-state index contributed by atoms with van der Waals surface area (Å²) in [7, 11) is 1.78. The van der Waals surface area contributed by atoms with Gasteiger partial charge in [0.15, 0.2) is 5.96 Å². The SMILES string of the molecule is COC1CCCC1CN=C(N)N1CCN(c2ccc(F)cc2)CC1.I. The molecular weight excluding hydrogens is 434 g/mol. The van der Waals surface area contributed by atoms with Gasteiger partial charge >= 0.3 is 0 Å². The molecule has 2 fully saturated rings. The lowest BCUT2D eigenvalue weighted by Gasteiger charge is -2.36. The van der Waals surface area contributed by atoms with Crippen molar-refractivity contribution in [3.05, 3.63) is 30.1 Å². The van der Waals surface area contributed by atoms with E-state index in [-0.39, 0.29) is 29.8 Å². The van der Waals surface area contributed by atoms with E-state index in [2.05, 4.69) is 14.8 Å². The van der Waals surface area contributed by atoms with E-state index in [0.29, 0.717) is 18.0 Å². The molecule has 5 nitrogen and oxygen atoms in total. The highest BCUT2D eigenvalue weighted by Crippen LogP contribution is 2.28. The minimum absolute atomic E-state index is 0. The molecule has 3 rings (SSSR count). The van der Waals surface area contributed by atoms with Gasteiger partial charge in [-0.2, -0.15) is 0 Å². The maximum Gasteiger partial charge on any atom is 0.191 e. The first-order valence-electron chi connectivity index (χ1n) is 8.75. The molecule has 1 aromatic carbocycles. The highest BCUT2D eigenvalue weighted by molar-refractivity contribution is 14.0. The number of methoxy groups -OCH3 is 1. The Hall–Kier alpha value is -1.09. The molecule has 25 heavy (non-hydrogen) atoms. The van der Waals surface area contributed by atoms with E-state index in [0.717, 1.165) is 44.8 Å². The molecular formula is C18H28FIN4O. The van der Waals surface area contributed by atoms with Crippen LogP contribution in [0.25, 0.3) is 0 Å². The van der Waals surface area contributed by atoms with Gasteiger partial charge in [0, 0.05) is 51.4 Å². The number of nitrogens with two attached hydrogens (primary N) is 1. The molecule has 0 bridgehead atoms. The van der Waals surface area contributed by atoms with Gasteiger partial charge in [0.05, 0.1) is 6.10 Å². The van der Waals surface area contributed by atoms with Gasteiger partial charge in [-0.3, -0.25) is 4.99 Å². The highest BCUT2D eigenvalue weighted by atomic mass is 127. The van der Waals surface area contributed by atoms with Gasteiger partial charge in [-0.1, -0.05) is 6.42 Å².